The highest BCUT2D eigenvalue weighted by Gasteiger charge is 2.10. The lowest BCUT2D eigenvalue weighted by atomic mass is 9.91. The summed E-state index contributed by atoms with van der Waals surface area (Å²) in [7, 11) is 0. The van der Waals surface area contributed by atoms with Crippen LogP contribution >= 0.6 is 11.3 Å². The van der Waals surface area contributed by atoms with Gasteiger partial charge in [-0.1, -0.05) is 32.9 Å². The van der Waals surface area contributed by atoms with Gasteiger partial charge in [0, 0.05) is 11.8 Å². The van der Waals surface area contributed by atoms with Crippen LogP contribution in [-0.2, 0) is 25.7 Å². The molecule has 0 saturated carbocycles. The van der Waals surface area contributed by atoms with E-state index in [2.05, 4.69) is 43.3 Å². The fourth-order valence-corrected chi connectivity index (χ4v) is 3.00. The molecule has 0 aliphatic rings. The van der Waals surface area contributed by atoms with Crippen LogP contribution in [0, 0.1) is 0 Å². The number of hydrogen-bond acceptors (Lipinski definition) is 2. The molecule has 2 heteroatoms. The van der Waals surface area contributed by atoms with E-state index in [0.29, 0.717) is 0 Å². The molecule has 1 nitrogen and oxygen atoms in total. The van der Waals surface area contributed by atoms with Crippen molar-refractivity contribution in [3.8, 4) is 0 Å². The fourth-order valence-electron chi connectivity index (χ4n) is 2.44. The summed E-state index contributed by atoms with van der Waals surface area (Å²) < 4.78 is 0. The molecule has 0 aliphatic heterocycles. The first-order valence-corrected chi connectivity index (χ1v) is 7.73. The third-order valence-corrected chi connectivity index (χ3v) is 4.14. The minimum absolute atomic E-state index is 0.986. The summed E-state index contributed by atoms with van der Waals surface area (Å²) in [6, 6.07) is 4.75. The summed E-state index contributed by atoms with van der Waals surface area (Å²) in [5, 5.41) is 2.16. The lowest BCUT2D eigenvalue weighted by Gasteiger charge is -2.14. The Bertz CT molecular complexity index is 475. The average Bonchev–Trinajstić information content (AvgIpc) is 2.91. The van der Waals surface area contributed by atoms with E-state index in [1.54, 1.807) is 11.3 Å². The maximum absolute atomic E-state index is 4.42. The quantitative estimate of drug-likeness (QED) is 0.774. The predicted molar refractivity (Wildman–Crippen MR) is 79.5 cm³/mol. The van der Waals surface area contributed by atoms with Gasteiger partial charge in [-0.15, -0.1) is 11.3 Å². The van der Waals surface area contributed by atoms with Gasteiger partial charge in [-0.05, 0) is 41.5 Å². The van der Waals surface area contributed by atoms with E-state index < -0.39 is 0 Å². The number of benzene rings is 1. The minimum atomic E-state index is 0.986. The Labute approximate surface area is 114 Å². The van der Waals surface area contributed by atoms with E-state index in [0.717, 1.165) is 25.7 Å². The number of rotatable bonds is 5. The van der Waals surface area contributed by atoms with E-state index in [-0.39, 0.29) is 0 Å². The minimum Gasteiger partial charge on any atom is -0.249 e. The topological polar surface area (TPSA) is 12.9 Å². The zero-order chi connectivity index (χ0) is 13.0. The van der Waals surface area contributed by atoms with E-state index in [1.165, 1.54) is 27.9 Å². The molecule has 0 bridgehead atoms. The SMILES string of the molecule is CCc1cc(CC)c(Cc2cscn2)c(CC)c1. The van der Waals surface area contributed by atoms with Crippen molar-refractivity contribution in [1.82, 2.24) is 4.98 Å². The average molecular weight is 259 g/mol. The summed E-state index contributed by atoms with van der Waals surface area (Å²) in [5.74, 6) is 0. The Kier molecular flexibility index (Phi) is 4.54. The number of aryl methyl sites for hydroxylation is 3. The molecule has 0 saturated heterocycles. The van der Waals surface area contributed by atoms with Crippen molar-refractivity contribution < 1.29 is 0 Å². The number of thiazole rings is 1. The van der Waals surface area contributed by atoms with Gasteiger partial charge in [0.25, 0.3) is 0 Å². The molecule has 1 aromatic carbocycles. The third kappa shape index (κ3) is 2.81. The molecule has 0 N–H and O–H groups in total. The molecular weight excluding hydrogens is 238 g/mol. The molecule has 0 unspecified atom stereocenters. The Balaban J connectivity index is 2.43. The standard InChI is InChI=1S/C16H21NS/c1-4-12-7-13(5-2)16(14(6-3)8-12)9-15-10-18-11-17-15/h7-8,10-11H,4-6,9H2,1-3H3. The lowest BCUT2D eigenvalue weighted by Crippen LogP contribution is -2.02. The van der Waals surface area contributed by atoms with Crippen LogP contribution in [0.3, 0.4) is 0 Å². The second kappa shape index (κ2) is 6.14. The predicted octanol–water partition coefficient (Wildman–Crippen LogP) is 4.42. The van der Waals surface area contributed by atoms with E-state index >= 15 is 0 Å². The van der Waals surface area contributed by atoms with Gasteiger partial charge in [-0.2, -0.15) is 0 Å². The first-order chi connectivity index (χ1) is 8.78. The Morgan fingerprint density at radius 1 is 1.00 bits per heavy atom. The van der Waals surface area contributed by atoms with Crippen LogP contribution in [0.2, 0.25) is 0 Å². The molecule has 2 rings (SSSR count). The molecule has 0 aliphatic carbocycles. The van der Waals surface area contributed by atoms with Crippen LogP contribution in [0.5, 0.6) is 0 Å². The van der Waals surface area contributed by atoms with Gasteiger partial charge in [0.05, 0.1) is 11.2 Å². The highest BCUT2D eigenvalue weighted by atomic mass is 32.1. The fraction of sp³-hybridized carbons (Fsp3) is 0.438. The number of nitrogens with zero attached hydrogens (tertiary/aromatic N) is 1. The molecule has 18 heavy (non-hydrogen) atoms. The van der Waals surface area contributed by atoms with Crippen LogP contribution in [0.1, 0.15) is 48.7 Å². The molecule has 0 fully saturated rings. The van der Waals surface area contributed by atoms with Crippen LogP contribution in [0.4, 0.5) is 0 Å². The second-order valence-electron chi connectivity index (χ2n) is 4.61. The van der Waals surface area contributed by atoms with Gasteiger partial charge >= 0.3 is 0 Å². The van der Waals surface area contributed by atoms with Crippen LogP contribution in [-0.4, -0.2) is 4.98 Å². The zero-order valence-corrected chi connectivity index (χ0v) is 12.3. The number of hydrogen-bond donors (Lipinski definition) is 0. The molecule has 96 valence electrons. The molecule has 0 radical (unpaired) electrons. The second-order valence-corrected chi connectivity index (χ2v) is 5.33. The molecule has 2 aromatic rings. The zero-order valence-electron chi connectivity index (χ0n) is 11.5. The van der Waals surface area contributed by atoms with Crippen LogP contribution < -0.4 is 0 Å². The molecule has 0 atom stereocenters. The first-order valence-electron chi connectivity index (χ1n) is 6.79. The van der Waals surface area contributed by atoms with Crippen molar-refractivity contribution in [2.45, 2.75) is 46.5 Å². The van der Waals surface area contributed by atoms with E-state index in [9.17, 15) is 0 Å². The van der Waals surface area contributed by atoms with Crippen molar-refractivity contribution in [3.05, 3.63) is 51.0 Å². The third-order valence-electron chi connectivity index (χ3n) is 3.51. The molecule has 0 spiro atoms. The maximum Gasteiger partial charge on any atom is 0.0794 e. The van der Waals surface area contributed by atoms with Gasteiger partial charge in [0.1, 0.15) is 0 Å². The van der Waals surface area contributed by atoms with Crippen LogP contribution in [0.25, 0.3) is 0 Å². The van der Waals surface area contributed by atoms with Crippen molar-refractivity contribution in [2.24, 2.45) is 0 Å². The van der Waals surface area contributed by atoms with Crippen molar-refractivity contribution in [1.29, 1.82) is 0 Å². The smallest absolute Gasteiger partial charge is 0.0794 e. The van der Waals surface area contributed by atoms with E-state index in [1.807, 2.05) is 5.51 Å². The van der Waals surface area contributed by atoms with Gasteiger partial charge in [0.15, 0.2) is 0 Å². The Morgan fingerprint density at radius 3 is 2.11 bits per heavy atom. The highest BCUT2D eigenvalue weighted by molar-refractivity contribution is 7.07. The monoisotopic (exact) mass is 259 g/mol. The van der Waals surface area contributed by atoms with Crippen molar-refractivity contribution in [3.63, 3.8) is 0 Å². The van der Waals surface area contributed by atoms with Crippen molar-refractivity contribution >= 4 is 11.3 Å². The number of aromatic nitrogens is 1. The highest BCUT2D eigenvalue weighted by Crippen LogP contribution is 2.23. The summed E-state index contributed by atoms with van der Waals surface area (Å²) >= 11 is 1.68. The summed E-state index contributed by atoms with van der Waals surface area (Å²) in [4.78, 5) is 4.42. The summed E-state index contributed by atoms with van der Waals surface area (Å²) in [5.41, 5.74) is 9.09. The first kappa shape index (κ1) is 13.3. The summed E-state index contributed by atoms with van der Waals surface area (Å²) in [6.07, 6.45) is 4.33. The molecular formula is C16H21NS. The summed E-state index contributed by atoms with van der Waals surface area (Å²) in [6.45, 7) is 6.73. The molecule has 1 aromatic heterocycles. The maximum atomic E-state index is 4.42. The van der Waals surface area contributed by atoms with Gasteiger partial charge in [0.2, 0.25) is 0 Å². The van der Waals surface area contributed by atoms with Gasteiger partial charge in [-0.3, -0.25) is 0 Å². The van der Waals surface area contributed by atoms with Crippen molar-refractivity contribution in [2.75, 3.05) is 0 Å². The Morgan fingerprint density at radius 2 is 1.67 bits per heavy atom. The van der Waals surface area contributed by atoms with Gasteiger partial charge < -0.3 is 0 Å². The Hall–Kier alpha value is -1.15. The van der Waals surface area contributed by atoms with E-state index in [4.69, 9.17) is 0 Å². The molecule has 1 heterocycles. The van der Waals surface area contributed by atoms with Gasteiger partial charge in [-0.25, -0.2) is 4.98 Å². The van der Waals surface area contributed by atoms with Crippen LogP contribution in [0.15, 0.2) is 23.0 Å². The largest absolute Gasteiger partial charge is 0.249 e. The molecule has 0 amide bonds. The normalized spacial score (nSPS) is 10.8. The lowest BCUT2D eigenvalue weighted by molar-refractivity contribution is 0.964.